The van der Waals surface area contributed by atoms with Crippen LogP contribution >= 0.6 is 0 Å². The topological polar surface area (TPSA) is 9.23 Å². The van der Waals surface area contributed by atoms with Crippen LogP contribution in [0.4, 0.5) is 0 Å². The van der Waals surface area contributed by atoms with Crippen LogP contribution in [0.5, 0.6) is 0 Å². The van der Waals surface area contributed by atoms with Gasteiger partial charge in [-0.1, -0.05) is 72.1 Å². The summed E-state index contributed by atoms with van der Waals surface area (Å²) in [6.45, 7) is 6.83. The highest BCUT2D eigenvalue weighted by molar-refractivity contribution is 5.98. The SMILES string of the molecule is BOC(CCCC)(CCCCC)CCCCC. The average molecular weight is 240 g/mol. The van der Waals surface area contributed by atoms with Crippen molar-refractivity contribution in [1.82, 2.24) is 0 Å². The van der Waals surface area contributed by atoms with Gasteiger partial charge >= 0.3 is 0 Å². The van der Waals surface area contributed by atoms with Crippen molar-refractivity contribution in [2.24, 2.45) is 0 Å². The first-order chi connectivity index (χ1) is 8.24. The normalized spacial score (nSPS) is 11.9. The first-order valence-corrected chi connectivity index (χ1v) is 7.79. The van der Waals surface area contributed by atoms with E-state index in [4.69, 9.17) is 4.65 Å². The molecule has 0 aliphatic rings. The molecular weight excluding hydrogens is 207 g/mol. The second kappa shape index (κ2) is 11.1. The third kappa shape index (κ3) is 7.86. The Balaban J connectivity index is 4.17. The van der Waals surface area contributed by atoms with E-state index in [9.17, 15) is 0 Å². The van der Waals surface area contributed by atoms with E-state index in [1.54, 1.807) is 0 Å². The summed E-state index contributed by atoms with van der Waals surface area (Å²) in [5.41, 5.74) is 0.195. The summed E-state index contributed by atoms with van der Waals surface area (Å²) < 4.78 is 5.93. The van der Waals surface area contributed by atoms with E-state index in [1.807, 2.05) is 8.05 Å². The molecule has 1 nitrogen and oxygen atoms in total. The molecule has 0 spiro atoms. The predicted octanol–water partition coefficient (Wildman–Crippen LogP) is 4.64. The van der Waals surface area contributed by atoms with Crippen LogP contribution in [0.25, 0.3) is 0 Å². The van der Waals surface area contributed by atoms with Crippen LogP contribution in [-0.4, -0.2) is 13.7 Å². The van der Waals surface area contributed by atoms with Gasteiger partial charge in [-0.2, -0.15) is 0 Å². The summed E-state index contributed by atoms with van der Waals surface area (Å²) >= 11 is 0. The Bertz CT molecular complexity index is 149. The van der Waals surface area contributed by atoms with Gasteiger partial charge in [0.2, 0.25) is 0 Å². The van der Waals surface area contributed by atoms with Crippen LogP contribution in [0.2, 0.25) is 0 Å². The fourth-order valence-corrected chi connectivity index (χ4v) is 2.57. The van der Waals surface area contributed by atoms with E-state index >= 15 is 0 Å². The molecular formula is C15H33BO. The molecule has 0 saturated carbocycles. The smallest absolute Gasteiger partial charge is 0.258 e. The minimum atomic E-state index is 0.195. The van der Waals surface area contributed by atoms with Crippen molar-refractivity contribution in [1.29, 1.82) is 0 Å². The lowest BCUT2D eigenvalue weighted by Crippen LogP contribution is -2.32. The summed E-state index contributed by atoms with van der Waals surface area (Å²) in [7, 11) is 1.92. The van der Waals surface area contributed by atoms with Gasteiger partial charge in [0.15, 0.2) is 0 Å². The van der Waals surface area contributed by atoms with Gasteiger partial charge in [0.05, 0.1) is 5.60 Å². The lowest BCUT2D eigenvalue weighted by atomic mass is 9.85. The maximum absolute atomic E-state index is 5.93. The van der Waals surface area contributed by atoms with Gasteiger partial charge in [-0.15, -0.1) is 0 Å². The third-order valence-corrected chi connectivity index (χ3v) is 3.89. The molecule has 0 aliphatic heterocycles. The first-order valence-electron chi connectivity index (χ1n) is 7.79. The van der Waals surface area contributed by atoms with Crippen molar-refractivity contribution in [3.63, 3.8) is 0 Å². The van der Waals surface area contributed by atoms with E-state index in [0.29, 0.717) is 0 Å². The van der Waals surface area contributed by atoms with Crippen molar-refractivity contribution in [2.45, 2.75) is 97.0 Å². The summed E-state index contributed by atoms with van der Waals surface area (Å²) in [5, 5.41) is 0. The first kappa shape index (κ1) is 17.0. The van der Waals surface area contributed by atoms with E-state index in [0.717, 1.165) is 0 Å². The van der Waals surface area contributed by atoms with Crippen molar-refractivity contribution >= 4 is 8.05 Å². The summed E-state index contributed by atoms with van der Waals surface area (Å²) in [6, 6.07) is 0. The Morgan fingerprint density at radius 1 is 0.706 bits per heavy atom. The van der Waals surface area contributed by atoms with Gasteiger partial charge < -0.3 is 4.65 Å². The summed E-state index contributed by atoms with van der Waals surface area (Å²) in [5.74, 6) is 0. The predicted molar refractivity (Wildman–Crippen MR) is 80.2 cm³/mol. The number of rotatable bonds is 12. The zero-order valence-corrected chi connectivity index (χ0v) is 12.7. The molecule has 2 heteroatoms. The molecule has 0 heterocycles. The molecule has 0 unspecified atom stereocenters. The molecule has 17 heavy (non-hydrogen) atoms. The van der Waals surface area contributed by atoms with E-state index in [2.05, 4.69) is 20.8 Å². The molecule has 0 radical (unpaired) electrons. The largest absolute Gasteiger partial charge is 0.439 e. The minimum Gasteiger partial charge on any atom is -0.439 e. The molecule has 0 atom stereocenters. The van der Waals surface area contributed by atoms with Gasteiger partial charge in [0.1, 0.15) is 0 Å². The Hall–Kier alpha value is 0.0249. The lowest BCUT2D eigenvalue weighted by molar-refractivity contribution is 0.0431. The quantitative estimate of drug-likeness (QED) is 0.356. The molecule has 0 rings (SSSR count). The molecule has 0 saturated heterocycles. The molecule has 0 aromatic rings. The van der Waals surface area contributed by atoms with Gasteiger partial charge in [0.25, 0.3) is 8.05 Å². The van der Waals surface area contributed by atoms with Gasteiger partial charge in [-0.05, 0) is 19.3 Å². The van der Waals surface area contributed by atoms with Crippen molar-refractivity contribution in [2.75, 3.05) is 0 Å². The highest BCUT2D eigenvalue weighted by Crippen LogP contribution is 2.31. The van der Waals surface area contributed by atoms with Crippen molar-refractivity contribution < 1.29 is 4.65 Å². The highest BCUT2D eigenvalue weighted by atomic mass is 16.4. The van der Waals surface area contributed by atoms with Gasteiger partial charge in [0, 0.05) is 0 Å². The van der Waals surface area contributed by atoms with E-state index in [-0.39, 0.29) is 5.60 Å². The van der Waals surface area contributed by atoms with Crippen LogP contribution in [-0.2, 0) is 4.65 Å². The maximum Gasteiger partial charge on any atom is 0.258 e. The zero-order valence-electron chi connectivity index (χ0n) is 12.7. The monoisotopic (exact) mass is 240 g/mol. The third-order valence-electron chi connectivity index (χ3n) is 3.89. The van der Waals surface area contributed by atoms with Crippen molar-refractivity contribution in [3.8, 4) is 0 Å². The Labute approximate surface area is 110 Å². The molecule has 0 aromatic carbocycles. The van der Waals surface area contributed by atoms with Gasteiger partial charge in [-0.25, -0.2) is 0 Å². The van der Waals surface area contributed by atoms with Crippen LogP contribution < -0.4 is 0 Å². The highest BCUT2D eigenvalue weighted by Gasteiger charge is 2.26. The standard InChI is InChI=1S/C15H33BO/c1-4-7-10-13-15(17-16,12-9-6-3)14-11-8-5-2/h4-14,16H2,1-3H3. The lowest BCUT2D eigenvalue weighted by Gasteiger charge is -2.34. The number of hydrogen-bond donors (Lipinski definition) is 0. The zero-order chi connectivity index (χ0) is 13.0. The second-order valence-corrected chi connectivity index (χ2v) is 5.40. The number of unbranched alkanes of at least 4 members (excludes halogenated alkanes) is 5. The summed E-state index contributed by atoms with van der Waals surface area (Å²) in [4.78, 5) is 0. The van der Waals surface area contributed by atoms with Gasteiger partial charge in [-0.3, -0.25) is 0 Å². The Morgan fingerprint density at radius 2 is 1.12 bits per heavy atom. The maximum atomic E-state index is 5.93. The molecule has 0 fully saturated rings. The second-order valence-electron chi connectivity index (χ2n) is 5.40. The Kier molecular flexibility index (Phi) is 11.2. The Morgan fingerprint density at radius 3 is 1.47 bits per heavy atom. The summed E-state index contributed by atoms with van der Waals surface area (Å²) in [6.07, 6.45) is 14.4. The molecule has 0 bridgehead atoms. The minimum absolute atomic E-state index is 0.195. The van der Waals surface area contributed by atoms with E-state index in [1.165, 1.54) is 70.6 Å². The molecule has 0 N–H and O–H groups in total. The molecule has 0 amide bonds. The van der Waals surface area contributed by atoms with E-state index < -0.39 is 0 Å². The van der Waals surface area contributed by atoms with Crippen LogP contribution in [0.3, 0.4) is 0 Å². The van der Waals surface area contributed by atoms with Crippen LogP contribution in [0, 0.1) is 0 Å². The fourth-order valence-electron chi connectivity index (χ4n) is 2.57. The average Bonchev–Trinajstić information content (AvgIpc) is 2.36. The molecule has 102 valence electrons. The molecule has 0 aliphatic carbocycles. The fraction of sp³-hybridized carbons (Fsp3) is 1.00. The number of hydrogen-bond acceptors (Lipinski definition) is 1. The molecule has 0 aromatic heterocycles. The van der Waals surface area contributed by atoms with Crippen molar-refractivity contribution in [3.05, 3.63) is 0 Å². The van der Waals surface area contributed by atoms with Crippen LogP contribution in [0.15, 0.2) is 0 Å². The van der Waals surface area contributed by atoms with Crippen LogP contribution in [0.1, 0.15) is 91.4 Å².